The zero-order valence-corrected chi connectivity index (χ0v) is 19.6. The zero-order chi connectivity index (χ0) is 24.3. The number of anilines is 2. The van der Waals surface area contributed by atoms with Crippen molar-refractivity contribution in [3.8, 4) is 0 Å². The number of amides is 1. The number of aromatic nitrogens is 4. The summed E-state index contributed by atoms with van der Waals surface area (Å²) in [5.74, 6) is -0.399. The molecule has 0 saturated carbocycles. The highest BCUT2D eigenvalue weighted by molar-refractivity contribution is 5.96. The molecule has 10 nitrogen and oxygen atoms in total. The molecular weight excluding hydrogens is 424 g/mol. The number of aromatic amines is 1. The zero-order valence-electron chi connectivity index (χ0n) is 19.6. The smallest absolute Gasteiger partial charge is 0.330 e. The fourth-order valence-corrected chi connectivity index (χ4v) is 4.01. The van der Waals surface area contributed by atoms with Crippen LogP contribution in [0.25, 0.3) is 11.0 Å². The molecule has 0 atom stereocenters. The Morgan fingerprint density at radius 1 is 1.06 bits per heavy atom. The van der Waals surface area contributed by atoms with Gasteiger partial charge >= 0.3 is 11.4 Å². The van der Waals surface area contributed by atoms with E-state index in [9.17, 15) is 19.2 Å². The normalized spacial score (nSPS) is 11.4. The molecule has 0 aliphatic heterocycles. The van der Waals surface area contributed by atoms with E-state index in [1.807, 2.05) is 45.9 Å². The Labute approximate surface area is 191 Å². The molecule has 0 unspecified atom stereocenters. The molecule has 3 aromatic rings. The molecule has 0 bridgehead atoms. The minimum atomic E-state index is -0.717. The van der Waals surface area contributed by atoms with E-state index in [0.29, 0.717) is 25.0 Å². The summed E-state index contributed by atoms with van der Waals surface area (Å²) in [6, 6.07) is 7.27. The molecular formula is C23H32N6O4. The minimum absolute atomic E-state index is 0.0507. The van der Waals surface area contributed by atoms with E-state index < -0.39 is 17.2 Å². The quantitative estimate of drug-likeness (QED) is 0.507. The fraction of sp³-hybridized carbons (Fsp3) is 0.478. The van der Waals surface area contributed by atoms with E-state index in [0.717, 1.165) is 11.9 Å². The highest BCUT2D eigenvalue weighted by atomic mass is 16.2. The molecule has 3 rings (SSSR count). The summed E-state index contributed by atoms with van der Waals surface area (Å²) in [4.78, 5) is 55.2. The van der Waals surface area contributed by atoms with Gasteiger partial charge in [0.25, 0.3) is 5.56 Å². The van der Waals surface area contributed by atoms with E-state index in [1.165, 1.54) is 14.0 Å². The summed E-state index contributed by atoms with van der Waals surface area (Å²) in [7, 11) is 0. The molecule has 0 fully saturated rings. The van der Waals surface area contributed by atoms with Crippen molar-refractivity contribution in [1.29, 1.82) is 0 Å². The summed E-state index contributed by atoms with van der Waals surface area (Å²) in [6.07, 6.45) is 1.40. The molecule has 0 saturated heterocycles. The van der Waals surface area contributed by atoms with Crippen molar-refractivity contribution >= 4 is 28.4 Å². The Balaban J connectivity index is 2.11. The maximum atomic E-state index is 13.5. The summed E-state index contributed by atoms with van der Waals surface area (Å²) in [6.45, 7) is 8.43. The van der Waals surface area contributed by atoms with Gasteiger partial charge in [-0.2, -0.15) is 0 Å². The van der Waals surface area contributed by atoms with Gasteiger partial charge in [-0.15, -0.1) is 0 Å². The molecule has 178 valence electrons. The first kappa shape index (κ1) is 24.1. The third kappa shape index (κ3) is 4.64. The van der Waals surface area contributed by atoms with E-state index in [1.54, 1.807) is 10.6 Å². The number of nitrogen functional groups attached to an aromatic ring is 1. The standard InChI is InChI=1S/C23H32N6O4/c1-5-7-12-27(19-20(24)29(13-15(3)4)22(32)25-21(19)31)18(30)14-28-17-11-9-8-10-16(17)26(6-2)23(28)33/h8-11,15H,5-7,12-14,24H2,1-4H3,(H,25,31,32). The molecule has 2 heterocycles. The first-order valence-electron chi connectivity index (χ1n) is 11.3. The van der Waals surface area contributed by atoms with Gasteiger partial charge < -0.3 is 10.6 Å². The number of hydrogen-bond acceptors (Lipinski definition) is 5. The molecule has 33 heavy (non-hydrogen) atoms. The Kier molecular flexibility index (Phi) is 7.25. The van der Waals surface area contributed by atoms with Crippen LogP contribution in [0.5, 0.6) is 0 Å². The molecule has 1 amide bonds. The monoisotopic (exact) mass is 456 g/mol. The topological polar surface area (TPSA) is 128 Å². The van der Waals surface area contributed by atoms with E-state index in [2.05, 4.69) is 4.98 Å². The van der Waals surface area contributed by atoms with Gasteiger partial charge in [-0.3, -0.25) is 28.3 Å². The van der Waals surface area contributed by atoms with E-state index in [-0.39, 0.29) is 36.2 Å². The number of para-hydroxylation sites is 2. The first-order chi connectivity index (χ1) is 15.7. The summed E-state index contributed by atoms with van der Waals surface area (Å²) in [5, 5.41) is 0. The Bertz CT molecular complexity index is 1330. The van der Waals surface area contributed by atoms with Crippen LogP contribution in [0.2, 0.25) is 0 Å². The van der Waals surface area contributed by atoms with E-state index >= 15 is 0 Å². The highest BCUT2D eigenvalue weighted by Gasteiger charge is 2.26. The van der Waals surface area contributed by atoms with Crippen molar-refractivity contribution in [2.45, 2.75) is 60.2 Å². The lowest BCUT2D eigenvalue weighted by molar-refractivity contribution is -0.119. The van der Waals surface area contributed by atoms with Crippen LogP contribution in [0.1, 0.15) is 40.5 Å². The summed E-state index contributed by atoms with van der Waals surface area (Å²) < 4.78 is 4.29. The van der Waals surface area contributed by atoms with Crippen molar-refractivity contribution in [3.63, 3.8) is 0 Å². The number of nitrogens with two attached hydrogens (primary N) is 1. The van der Waals surface area contributed by atoms with Crippen LogP contribution in [-0.2, 0) is 24.4 Å². The average molecular weight is 457 g/mol. The highest BCUT2D eigenvalue weighted by Crippen LogP contribution is 2.20. The van der Waals surface area contributed by atoms with Gasteiger partial charge in [-0.25, -0.2) is 9.59 Å². The van der Waals surface area contributed by atoms with Gasteiger partial charge in [0.1, 0.15) is 12.4 Å². The molecule has 3 N–H and O–H groups in total. The SMILES string of the molecule is CCCCN(C(=O)Cn1c(=O)n(CC)c2ccccc21)c1c(N)n(CC(C)C)c(=O)[nH]c1=O. The maximum absolute atomic E-state index is 13.5. The van der Waals surface area contributed by atoms with Crippen LogP contribution < -0.4 is 27.6 Å². The number of H-pyrrole nitrogens is 1. The Morgan fingerprint density at radius 2 is 1.70 bits per heavy atom. The van der Waals surface area contributed by atoms with Crippen LogP contribution in [-0.4, -0.2) is 31.1 Å². The van der Waals surface area contributed by atoms with Crippen molar-refractivity contribution in [3.05, 3.63) is 55.6 Å². The van der Waals surface area contributed by atoms with E-state index in [4.69, 9.17) is 5.73 Å². The number of carbonyl (C=O) groups is 1. The van der Waals surface area contributed by atoms with Crippen LogP contribution in [0, 0.1) is 5.92 Å². The van der Waals surface area contributed by atoms with Gasteiger partial charge in [-0.1, -0.05) is 39.3 Å². The lowest BCUT2D eigenvalue weighted by atomic mass is 10.2. The van der Waals surface area contributed by atoms with Crippen molar-refractivity contribution < 1.29 is 4.79 Å². The van der Waals surface area contributed by atoms with Gasteiger partial charge in [0.05, 0.1) is 11.0 Å². The lowest BCUT2D eigenvalue weighted by Gasteiger charge is -2.25. The molecule has 2 aromatic heterocycles. The summed E-state index contributed by atoms with van der Waals surface area (Å²) >= 11 is 0. The first-order valence-corrected chi connectivity index (χ1v) is 11.3. The number of imidazole rings is 1. The van der Waals surface area contributed by atoms with Gasteiger partial charge in [0, 0.05) is 19.6 Å². The minimum Gasteiger partial charge on any atom is -0.383 e. The molecule has 0 radical (unpaired) electrons. The number of hydrogen-bond donors (Lipinski definition) is 2. The largest absolute Gasteiger partial charge is 0.383 e. The second-order valence-electron chi connectivity index (χ2n) is 8.50. The number of aryl methyl sites for hydroxylation is 1. The predicted octanol–water partition coefficient (Wildman–Crippen LogP) is 1.74. The molecule has 1 aromatic carbocycles. The third-order valence-electron chi connectivity index (χ3n) is 5.60. The number of nitrogens with zero attached hydrogens (tertiary/aromatic N) is 4. The maximum Gasteiger partial charge on any atom is 0.330 e. The van der Waals surface area contributed by atoms with Gasteiger partial charge in [0.15, 0.2) is 5.69 Å². The fourth-order valence-electron chi connectivity index (χ4n) is 4.01. The van der Waals surface area contributed by atoms with Crippen LogP contribution in [0.3, 0.4) is 0 Å². The number of fused-ring (bicyclic) bond motifs is 1. The Morgan fingerprint density at radius 3 is 2.27 bits per heavy atom. The number of benzene rings is 1. The van der Waals surface area contributed by atoms with Crippen molar-refractivity contribution in [1.82, 2.24) is 18.7 Å². The second-order valence-corrected chi connectivity index (χ2v) is 8.50. The predicted molar refractivity (Wildman–Crippen MR) is 130 cm³/mol. The Hall–Kier alpha value is -3.56. The number of carbonyl (C=O) groups excluding carboxylic acids is 1. The van der Waals surface area contributed by atoms with Crippen LogP contribution >= 0.6 is 0 Å². The van der Waals surface area contributed by atoms with Crippen molar-refractivity contribution in [2.75, 3.05) is 17.2 Å². The third-order valence-corrected chi connectivity index (χ3v) is 5.60. The molecule has 0 aliphatic rings. The van der Waals surface area contributed by atoms with Crippen LogP contribution in [0.15, 0.2) is 38.6 Å². The van der Waals surface area contributed by atoms with Crippen LogP contribution in [0.4, 0.5) is 11.5 Å². The lowest BCUT2D eigenvalue weighted by Crippen LogP contribution is -2.44. The number of nitrogens with one attached hydrogen (secondary N) is 1. The average Bonchev–Trinajstić information content (AvgIpc) is 3.03. The van der Waals surface area contributed by atoms with Gasteiger partial charge in [-0.05, 0) is 31.4 Å². The number of unbranched alkanes of at least 4 members (excludes halogenated alkanes) is 1. The molecule has 0 aliphatic carbocycles. The van der Waals surface area contributed by atoms with Crippen molar-refractivity contribution in [2.24, 2.45) is 5.92 Å². The number of rotatable bonds is 9. The second kappa shape index (κ2) is 9.93. The molecule has 0 spiro atoms. The summed E-state index contributed by atoms with van der Waals surface area (Å²) in [5.41, 5.74) is 5.96. The molecule has 10 heteroatoms. The van der Waals surface area contributed by atoms with Gasteiger partial charge in [0.2, 0.25) is 5.91 Å².